The molecule has 1 unspecified atom stereocenters. The van der Waals surface area contributed by atoms with Crippen molar-refractivity contribution in [2.24, 2.45) is 0 Å². The smallest absolute Gasteiger partial charge is 0.269 e. The Morgan fingerprint density at radius 2 is 1.52 bits per heavy atom. The molecule has 0 aliphatic heterocycles. The molecular formula is C20H17ClF2N2O4. The number of aliphatic hydroxyl groups is 1. The Morgan fingerprint density at radius 3 is 1.97 bits per heavy atom. The highest BCUT2D eigenvalue weighted by Gasteiger charge is 2.46. The van der Waals surface area contributed by atoms with Crippen LogP contribution in [0.3, 0.4) is 0 Å². The van der Waals surface area contributed by atoms with Crippen LogP contribution < -0.4 is 10.8 Å². The fourth-order valence-electron chi connectivity index (χ4n) is 2.26. The van der Waals surface area contributed by atoms with E-state index in [1.54, 1.807) is 24.3 Å². The van der Waals surface area contributed by atoms with Crippen molar-refractivity contribution in [2.45, 2.75) is 25.0 Å². The molecule has 2 rings (SSSR count). The lowest BCUT2D eigenvalue weighted by atomic mass is 9.95. The second kappa shape index (κ2) is 9.47. The standard InChI is InChI=1S/C20H17ClF2N2O4/c1-20(28,19(22)23)16(18(27)25-29)24-17(26)14-8-4-12(5-9-14)2-3-13-6-10-15(21)11-7-13/h4-11,16,19,28-29H,1H3,(H,24,26)(H,25,27)/t16-,20?/m1/s1. The van der Waals surface area contributed by atoms with Crippen molar-refractivity contribution >= 4 is 23.4 Å². The second-order valence-corrected chi connectivity index (χ2v) is 6.68. The average Bonchev–Trinajstić information content (AvgIpc) is 2.71. The van der Waals surface area contributed by atoms with E-state index in [2.05, 4.69) is 11.8 Å². The van der Waals surface area contributed by atoms with Crippen molar-refractivity contribution in [3.05, 3.63) is 70.2 Å². The van der Waals surface area contributed by atoms with E-state index in [-0.39, 0.29) is 5.56 Å². The van der Waals surface area contributed by atoms with E-state index in [1.165, 1.54) is 24.3 Å². The predicted molar refractivity (Wildman–Crippen MR) is 102 cm³/mol. The Balaban J connectivity index is 2.15. The number of carbonyl (C=O) groups excluding carboxylic acids is 2. The minimum Gasteiger partial charge on any atom is -0.381 e. The SMILES string of the molecule is CC(O)(C(F)F)[C@H](NC(=O)c1ccc(C#Cc2ccc(Cl)cc2)cc1)C(=O)NO. The van der Waals surface area contributed by atoms with Gasteiger partial charge in [0.25, 0.3) is 18.2 Å². The molecule has 0 aromatic heterocycles. The van der Waals surface area contributed by atoms with Crippen LogP contribution in [0.4, 0.5) is 8.78 Å². The van der Waals surface area contributed by atoms with Crippen LogP contribution in [0.2, 0.25) is 5.02 Å². The lowest BCUT2D eigenvalue weighted by Gasteiger charge is -2.30. The third-order valence-electron chi connectivity index (χ3n) is 4.02. The quantitative estimate of drug-likeness (QED) is 0.338. The third kappa shape index (κ3) is 5.74. The largest absolute Gasteiger partial charge is 0.381 e. The Kier molecular flexibility index (Phi) is 7.29. The first-order chi connectivity index (χ1) is 13.6. The molecule has 152 valence electrons. The molecule has 0 aliphatic carbocycles. The van der Waals surface area contributed by atoms with Crippen LogP contribution >= 0.6 is 11.6 Å². The van der Waals surface area contributed by atoms with Gasteiger partial charge >= 0.3 is 0 Å². The number of rotatable bonds is 5. The highest BCUT2D eigenvalue weighted by molar-refractivity contribution is 6.30. The molecule has 0 saturated carbocycles. The van der Waals surface area contributed by atoms with Gasteiger partial charge in [-0.3, -0.25) is 14.8 Å². The molecule has 2 aromatic carbocycles. The number of halogens is 3. The van der Waals surface area contributed by atoms with Crippen LogP contribution in [0, 0.1) is 11.8 Å². The summed E-state index contributed by atoms with van der Waals surface area (Å²) < 4.78 is 26.1. The predicted octanol–water partition coefficient (Wildman–Crippen LogP) is 2.36. The monoisotopic (exact) mass is 422 g/mol. The van der Waals surface area contributed by atoms with Gasteiger partial charge in [0, 0.05) is 21.7 Å². The van der Waals surface area contributed by atoms with Gasteiger partial charge < -0.3 is 10.4 Å². The number of alkyl halides is 2. The fraction of sp³-hybridized carbons (Fsp3) is 0.200. The Morgan fingerprint density at radius 1 is 1.03 bits per heavy atom. The lowest BCUT2D eigenvalue weighted by molar-refractivity contribution is -0.149. The highest BCUT2D eigenvalue weighted by atomic mass is 35.5. The van der Waals surface area contributed by atoms with E-state index in [9.17, 15) is 23.5 Å². The maximum Gasteiger partial charge on any atom is 0.269 e. The molecule has 0 bridgehead atoms. The van der Waals surface area contributed by atoms with E-state index >= 15 is 0 Å². The molecule has 0 heterocycles. The number of carbonyl (C=O) groups is 2. The normalized spacial score (nSPS) is 13.6. The van der Waals surface area contributed by atoms with Crippen molar-refractivity contribution in [2.75, 3.05) is 0 Å². The highest BCUT2D eigenvalue weighted by Crippen LogP contribution is 2.20. The zero-order valence-electron chi connectivity index (χ0n) is 15.1. The topological polar surface area (TPSA) is 98.7 Å². The molecule has 0 spiro atoms. The van der Waals surface area contributed by atoms with Gasteiger partial charge in [-0.2, -0.15) is 0 Å². The average molecular weight is 423 g/mol. The number of hydroxylamine groups is 1. The molecule has 2 aromatic rings. The van der Waals surface area contributed by atoms with Gasteiger partial charge in [0.05, 0.1) is 0 Å². The first-order valence-electron chi connectivity index (χ1n) is 8.28. The number of benzene rings is 2. The molecule has 0 radical (unpaired) electrons. The van der Waals surface area contributed by atoms with Crippen LogP contribution in [0.15, 0.2) is 48.5 Å². The first kappa shape index (κ1) is 22.3. The van der Waals surface area contributed by atoms with Crippen LogP contribution in [0.25, 0.3) is 0 Å². The van der Waals surface area contributed by atoms with E-state index in [0.717, 1.165) is 11.0 Å². The number of hydrogen-bond acceptors (Lipinski definition) is 4. The zero-order chi connectivity index (χ0) is 21.6. The summed E-state index contributed by atoms with van der Waals surface area (Å²) in [5.41, 5.74) is -0.375. The molecule has 2 atom stereocenters. The number of nitrogens with one attached hydrogen (secondary N) is 2. The molecule has 0 saturated heterocycles. The van der Waals surface area contributed by atoms with E-state index in [1.807, 2.05) is 5.32 Å². The minimum atomic E-state index is -3.35. The Labute approximate surface area is 170 Å². The molecule has 29 heavy (non-hydrogen) atoms. The van der Waals surface area contributed by atoms with Gasteiger partial charge in [0.15, 0.2) is 5.60 Å². The van der Waals surface area contributed by atoms with E-state index < -0.39 is 29.9 Å². The summed E-state index contributed by atoms with van der Waals surface area (Å²) in [5.74, 6) is 3.54. The van der Waals surface area contributed by atoms with Crippen molar-refractivity contribution < 1.29 is 28.7 Å². The summed E-state index contributed by atoms with van der Waals surface area (Å²) in [6.45, 7) is 0.674. The van der Waals surface area contributed by atoms with Gasteiger partial charge in [0.2, 0.25) is 0 Å². The van der Waals surface area contributed by atoms with Gasteiger partial charge in [0.1, 0.15) is 6.04 Å². The first-order valence-corrected chi connectivity index (χ1v) is 8.66. The molecule has 0 fully saturated rings. The lowest BCUT2D eigenvalue weighted by Crippen LogP contribution is -2.61. The van der Waals surface area contributed by atoms with Crippen molar-refractivity contribution in [1.82, 2.24) is 10.8 Å². The molecule has 2 amide bonds. The van der Waals surface area contributed by atoms with E-state index in [0.29, 0.717) is 17.5 Å². The van der Waals surface area contributed by atoms with Gasteiger partial charge in [-0.05, 0) is 55.5 Å². The minimum absolute atomic E-state index is 0.0443. The maximum atomic E-state index is 13.0. The molecule has 6 nitrogen and oxygen atoms in total. The number of amides is 2. The number of hydrogen-bond donors (Lipinski definition) is 4. The van der Waals surface area contributed by atoms with Crippen LogP contribution in [0.5, 0.6) is 0 Å². The van der Waals surface area contributed by atoms with Crippen LogP contribution in [-0.4, -0.2) is 40.2 Å². The molecule has 9 heteroatoms. The van der Waals surface area contributed by atoms with Crippen LogP contribution in [-0.2, 0) is 4.79 Å². The molecule has 0 aliphatic rings. The summed E-state index contributed by atoms with van der Waals surface area (Å²) in [5, 5.41) is 21.1. The maximum absolute atomic E-state index is 13.0. The van der Waals surface area contributed by atoms with E-state index in [4.69, 9.17) is 16.8 Å². The van der Waals surface area contributed by atoms with Gasteiger partial charge in [-0.15, -0.1) is 0 Å². The van der Waals surface area contributed by atoms with Crippen molar-refractivity contribution in [1.29, 1.82) is 0 Å². The Bertz CT molecular complexity index is 936. The van der Waals surface area contributed by atoms with Gasteiger partial charge in [-0.1, -0.05) is 23.4 Å². The van der Waals surface area contributed by atoms with Crippen molar-refractivity contribution in [3.8, 4) is 11.8 Å². The second-order valence-electron chi connectivity index (χ2n) is 6.24. The summed E-state index contributed by atoms with van der Waals surface area (Å²) >= 11 is 5.80. The zero-order valence-corrected chi connectivity index (χ0v) is 15.9. The molecular weight excluding hydrogens is 406 g/mol. The molecule has 4 N–H and O–H groups in total. The summed E-state index contributed by atoms with van der Waals surface area (Å²) in [6.07, 6.45) is -3.35. The van der Waals surface area contributed by atoms with Gasteiger partial charge in [-0.25, -0.2) is 14.3 Å². The summed E-state index contributed by atoms with van der Waals surface area (Å²) in [7, 11) is 0. The van der Waals surface area contributed by atoms with Crippen LogP contribution in [0.1, 0.15) is 28.4 Å². The Hall–Kier alpha value is -2.99. The summed E-state index contributed by atoms with van der Waals surface area (Å²) in [4.78, 5) is 23.9. The van der Waals surface area contributed by atoms with Crippen molar-refractivity contribution in [3.63, 3.8) is 0 Å². The fourth-order valence-corrected chi connectivity index (χ4v) is 2.39. The third-order valence-corrected chi connectivity index (χ3v) is 4.27. The summed E-state index contributed by atoms with van der Waals surface area (Å²) in [6, 6.07) is 10.6.